The van der Waals surface area contributed by atoms with Gasteiger partial charge >= 0.3 is 0 Å². The number of benzene rings is 2. The fourth-order valence-electron chi connectivity index (χ4n) is 2.74. The molecular formula is C18H21ClN2S. The molecule has 0 fully saturated rings. The smallest absolute Gasteiger partial charge is 0.0553 e. The normalized spacial score (nSPS) is 14.6. The molecule has 0 spiro atoms. The minimum Gasteiger partial charge on any atom is -0.338 e. The van der Waals surface area contributed by atoms with E-state index >= 15 is 0 Å². The van der Waals surface area contributed by atoms with Crippen LogP contribution in [0.15, 0.2) is 58.3 Å². The van der Waals surface area contributed by atoms with Crippen LogP contribution in [-0.4, -0.2) is 37.0 Å². The summed E-state index contributed by atoms with van der Waals surface area (Å²) in [5.74, 6) is 0.671. The molecule has 0 saturated carbocycles. The molecule has 0 bridgehead atoms. The molecule has 22 heavy (non-hydrogen) atoms. The van der Waals surface area contributed by atoms with Crippen LogP contribution >= 0.6 is 23.4 Å². The van der Waals surface area contributed by atoms with Crippen molar-refractivity contribution in [3.05, 3.63) is 48.5 Å². The van der Waals surface area contributed by atoms with Gasteiger partial charge in [0, 0.05) is 34.8 Å². The van der Waals surface area contributed by atoms with Crippen molar-refractivity contribution in [1.29, 1.82) is 0 Å². The first kappa shape index (κ1) is 15.7. The maximum absolute atomic E-state index is 5.89. The van der Waals surface area contributed by atoms with Crippen molar-refractivity contribution in [2.24, 2.45) is 0 Å². The molecule has 0 N–H and O–H groups in total. The minimum atomic E-state index is 0.433. The Labute approximate surface area is 142 Å². The van der Waals surface area contributed by atoms with E-state index in [4.69, 9.17) is 11.6 Å². The van der Waals surface area contributed by atoms with E-state index in [1.807, 2.05) is 11.8 Å². The first-order valence-electron chi connectivity index (χ1n) is 7.60. The average Bonchev–Trinajstić information content (AvgIpc) is 2.54. The van der Waals surface area contributed by atoms with Crippen LogP contribution in [0.2, 0.25) is 0 Å². The summed E-state index contributed by atoms with van der Waals surface area (Å²) in [6.45, 7) is 4.14. The van der Waals surface area contributed by atoms with Gasteiger partial charge in [0.05, 0.1) is 11.4 Å². The van der Waals surface area contributed by atoms with Gasteiger partial charge in [-0.1, -0.05) is 36.0 Å². The maximum atomic E-state index is 5.89. The third-order valence-electron chi connectivity index (χ3n) is 4.17. The predicted octanol–water partition coefficient (Wildman–Crippen LogP) is 4.85. The van der Waals surface area contributed by atoms with Gasteiger partial charge in [-0.25, -0.2) is 0 Å². The largest absolute Gasteiger partial charge is 0.338 e. The molecule has 4 heteroatoms. The third-order valence-corrected chi connectivity index (χ3v) is 5.47. The van der Waals surface area contributed by atoms with Gasteiger partial charge in [-0.15, -0.1) is 11.6 Å². The van der Waals surface area contributed by atoms with Crippen LogP contribution in [0, 0.1) is 0 Å². The monoisotopic (exact) mass is 332 g/mol. The van der Waals surface area contributed by atoms with Crippen molar-refractivity contribution in [2.75, 3.05) is 30.9 Å². The molecule has 0 radical (unpaired) electrons. The van der Waals surface area contributed by atoms with Crippen LogP contribution < -0.4 is 4.90 Å². The Morgan fingerprint density at radius 3 is 2.14 bits per heavy atom. The molecule has 0 amide bonds. The summed E-state index contributed by atoms with van der Waals surface area (Å²) in [5, 5.41) is 0. The Balaban J connectivity index is 1.93. The van der Waals surface area contributed by atoms with Crippen LogP contribution in [0.1, 0.15) is 6.92 Å². The highest BCUT2D eigenvalue weighted by molar-refractivity contribution is 7.99. The molecule has 1 atom stereocenters. The van der Waals surface area contributed by atoms with E-state index < -0.39 is 0 Å². The standard InChI is InChI=1S/C18H21ClN2S/c1-14(20(2)12-11-19)13-21-15-7-3-5-9-17(15)22-18-10-6-4-8-16(18)21/h3-10,14H,11-13H2,1-2H3. The maximum Gasteiger partial charge on any atom is 0.0553 e. The van der Waals surface area contributed by atoms with Gasteiger partial charge in [-0.05, 0) is 38.2 Å². The number of rotatable bonds is 5. The zero-order valence-electron chi connectivity index (χ0n) is 13.0. The molecular weight excluding hydrogens is 312 g/mol. The lowest BCUT2D eigenvalue weighted by molar-refractivity contribution is 0.277. The van der Waals surface area contributed by atoms with Crippen molar-refractivity contribution in [3.8, 4) is 0 Å². The third kappa shape index (κ3) is 3.12. The Bertz CT molecular complexity index is 601. The fourth-order valence-corrected chi connectivity index (χ4v) is 4.10. The van der Waals surface area contributed by atoms with E-state index in [1.54, 1.807) is 0 Å². The average molecular weight is 333 g/mol. The first-order valence-corrected chi connectivity index (χ1v) is 8.95. The van der Waals surface area contributed by atoms with Crippen molar-refractivity contribution in [3.63, 3.8) is 0 Å². The van der Waals surface area contributed by atoms with Gasteiger partial charge in [-0.3, -0.25) is 0 Å². The van der Waals surface area contributed by atoms with E-state index in [1.165, 1.54) is 21.2 Å². The van der Waals surface area contributed by atoms with Crippen LogP contribution in [0.4, 0.5) is 11.4 Å². The molecule has 1 heterocycles. The van der Waals surface area contributed by atoms with Crippen molar-refractivity contribution in [1.82, 2.24) is 4.90 Å². The zero-order valence-corrected chi connectivity index (χ0v) is 14.6. The second-order valence-corrected chi connectivity index (χ2v) is 7.13. The van der Waals surface area contributed by atoms with E-state index in [-0.39, 0.29) is 0 Å². The predicted molar refractivity (Wildman–Crippen MR) is 96.8 cm³/mol. The molecule has 0 saturated heterocycles. The molecule has 2 nitrogen and oxygen atoms in total. The van der Waals surface area contributed by atoms with E-state index in [0.717, 1.165) is 13.1 Å². The SMILES string of the molecule is CC(CN1c2ccccc2Sc2ccccc21)N(C)CCCl. The Morgan fingerprint density at radius 2 is 1.59 bits per heavy atom. The Hall–Kier alpha value is -1.16. The van der Waals surface area contributed by atoms with Gasteiger partial charge in [0.15, 0.2) is 0 Å². The number of nitrogens with zero attached hydrogens (tertiary/aromatic N) is 2. The summed E-state index contributed by atoms with van der Waals surface area (Å²) in [7, 11) is 2.14. The Morgan fingerprint density at radius 1 is 1.05 bits per heavy atom. The highest BCUT2D eigenvalue weighted by Crippen LogP contribution is 2.47. The van der Waals surface area contributed by atoms with Crippen LogP contribution in [0.3, 0.4) is 0 Å². The molecule has 2 aromatic rings. The number of fused-ring (bicyclic) bond motifs is 2. The molecule has 0 aromatic heterocycles. The number of hydrogen-bond donors (Lipinski definition) is 0. The second kappa shape index (κ2) is 6.95. The van der Waals surface area contributed by atoms with E-state index in [9.17, 15) is 0 Å². The number of hydrogen-bond acceptors (Lipinski definition) is 3. The van der Waals surface area contributed by atoms with Gasteiger partial charge in [0.2, 0.25) is 0 Å². The molecule has 2 aromatic carbocycles. The topological polar surface area (TPSA) is 6.48 Å². The molecule has 1 unspecified atom stereocenters. The molecule has 1 aliphatic rings. The zero-order chi connectivity index (χ0) is 15.5. The highest BCUT2D eigenvalue weighted by Gasteiger charge is 2.24. The Kier molecular flexibility index (Phi) is 4.97. The van der Waals surface area contributed by atoms with Gasteiger partial charge in [-0.2, -0.15) is 0 Å². The lowest BCUT2D eigenvalue weighted by Crippen LogP contribution is -2.40. The molecule has 3 rings (SSSR count). The molecule has 0 aliphatic carbocycles. The first-order chi connectivity index (χ1) is 10.7. The second-order valence-electron chi connectivity index (χ2n) is 5.67. The summed E-state index contributed by atoms with van der Waals surface area (Å²) in [6, 6.07) is 17.7. The summed E-state index contributed by atoms with van der Waals surface area (Å²) in [4.78, 5) is 7.41. The quantitative estimate of drug-likeness (QED) is 0.723. The fraction of sp³-hybridized carbons (Fsp3) is 0.333. The van der Waals surface area contributed by atoms with Gasteiger partial charge < -0.3 is 9.80 Å². The molecule has 116 valence electrons. The van der Waals surface area contributed by atoms with Crippen molar-refractivity contribution >= 4 is 34.7 Å². The number of anilines is 2. The number of halogens is 1. The van der Waals surface area contributed by atoms with Crippen molar-refractivity contribution in [2.45, 2.75) is 22.8 Å². The van der Waals surface area contributed by atoms with Crippen LogP contribution in [0.5, 0.6) is 0 Å². The summed E-state index contributed by atoms with van der Waals surface area (Å²) < 4.78 is 0. The summed E-state index contributed by atoms with van der Waals surface area (Å²) in [5.41, 5.74) is 2.61. The van der Waals surface area contributed by atoms with Gasteiger partial charge in [0.25, 0.3) is 0 Å². The van der Waals surface area contributed by atoms with Crippen LogP contribution in [-0.2, 0) is 0 Å². The lowest BCUT2D eigenvalue weighted by atomic mass is 10.2. The highest BCUT2D eigenvalue weighted by atomic mass is 35.5. The summed E-state index contributed by atoms with van der Waals surface area (Å²) >= 11 is 7.74. The van der Waals surface area contributed by atoms with Crippen LogP contribution in [0.25, 0.3) is 0 Å². The minimum absolute atomic E-state index is 0.433. The number of para-hydroxylation sites is 2. The summed E-state index contributed by atoms with van der Waals surface area (Å²) in [6.07, 6.45) is 0. The molecule has 1 aliphatic heterocycles. The number of likely N-dealkylation sites (N-methyl/N-ethyl adjacent to an activating group) is 1. The van der Waals surface area contributed by atoms with E-state index in [2.05, 4.69) is 72.3 Å². The lowest BCUT2D eigenvalue weighted by Gasteiger charge is -2.36. The van der Waals surface area contributed by atoms with Gasteiger partial charge in [0.1, 0.15) is 0 Å². The number of alkyl halides is 1. The van der Waals surface area contributed by atoms with E-state index in [0.29, 0.717) is 11.9 Å². The van der Waals surface area contributed by atoms with Crippen molar-refractivity contribution < 1.29 is 0 Å².